The summed E-state index contributed by atoms with van der Waals surface area (Å²) in [5.41, 5.74) is 0. The van der Waals surface area contributed by atoms with Gasteiger partial charge in [0.2, 0.25) is 0 Å². The maximum atomic E-state index is 6.12. The molecule has 0 saturated carbocycles. The van der Waals surface area contributed by atoms with Crippen LogP contribution in [0, 0.1) is 0 Å². The first-order valence-electron chi connectivity index (χ1n) is 6.49. The number of fused-ring (bicyclic) bond motifs is 1. The van der Waals surface area contributed by atoms with E-state index in [1.54, 1.807) is 0 Å². The van der Waals surface area contributed by atoms with E-state index < -0.39 is 0 Å². The summed E-state index contributed by atoms with van der Waals surface area (Å²) in [6.45, 7) is 4.39. The van der Waals surface area contributed by atoms with Crippen molar-refractivity contribution in [3.05, 3.63) is 42.5 Å². The molecule has 0 aliphatic rings. The van der Waals surface area contributed by atoms with Crippen LogP contribution in [0.2, 0.25) is 0 Å². The number of hydrogen-bond acceptors (Lipinski definition) is 1. The molecular weight excluding hydrogens is 208 g/mol. The zero-order valence-electron chi connectivity index (χ0n) is 10.6. The van der Waals surface area contributed by atoms with Gasteiger partial charge in [-0.15, -0.1) is 0 Å². The van der Waals surface area contributed by atoms with Gasteiger partial charge in [-0.05, 0) is 24.3 Å². The van der Waals surface area contributed by atoms with Gasteiger partial charge in [0.15, 0.2) is 0 Å². The maximum absolute atomic E-state index is 6.12. The molecule has 0 fully saturated rings. The Kier molecular flexibility index (Phi) is 4.03. The van der Waals surface area contributed by atoms with Gasteiger partial charge in [0.1, 0.15) is 5.75 Å². The van der Waals surface area contributed by atoms with Crippen molar-refractivity contribution in [2.75, 3.05) is 0 Å². The predicted octanol–water partition coefficient (Wildman–Crippen LogP) is 4.80. The van der Waals surface area contributed by atoms with E-state index in [0.29, 0.717) is 6.10 Å². The molecule has 17 heavy (non-hydrogen) atoms. The summed E-state index contributed by atoms with van der Waals surface area (Å²) in [5.74, 6) is 1.02. The van der Waals surface area contributed by atoms with Gasteiger partial charge in [0.25, 0.3) is 0 Å². The molecule has 0 aliphatic carbocycles. The Bertz CT molecular complexity index is 470. The highest BCUT2D eigenvalue weighted by atomic mass is 16.5. The van der Waals surface area contributed by atoms with Crippen LogP contribution in [0.4, 0.5) is 0 Å². The van der Waals surface area contributed by atoms with Crippen LogP contribution < -0.4 is 4.74 Å². The molecule has 1 nitrogen and oxygen atoms in total. The van der Waals surface area contributed by atoms with Crippen LogP contribution in [0.25, 0.3) is 10.8 Å². The van der Waals surface area contributed by atoms with E-state index in [-0.39, 0.29) is 0 Å². The van der Waals surface area contributed by atoms with Crippen molar-refractivity contribution in [3.63, 3.8) is 0 Å². The molecule has 90 valence electrons. The molecule has 0 unspecified atom stereocenters. The number of rotatable bonds is 5. The molecule has 1 atom stereocenters. The molecule has 0 radical (unpaired) electrons. The number of benzene rings is 2. The lowest BCUT2D eigenvalue weighted by Crippen LogP contribution is -2.14. The third-order valence-electron chi connectivity index (χ3n) is 3.11. The van der Waals surface area contributed by atoms with E-state index in [2.05, 4.69) is 56.3 Å². The van der Waals surface area contributed by atoms with Crippen molar-refractivity contribution in [3.8, 4) is 5.75 Å². The third kappa shape index (κ3) is 2.79. The highest BCUT2D eigenvalue weighted by molar-refractivity contribution is 5.88. The molecule has 0 aliphatic heterocycles. The van der Waals surface area contributed by atoms with E-state index in [1.807, 2.05) is 0 Å². The van der Waals surface area contributed by atoms with E-state index in [1.165, 1.54) is 17.2 Å². The first-order chi connectivity index (χ1) is 8.35. The summed E-state index contributed by atoms with van der Waals surface area (Å²) in [7, 11) is 0. The quantitative estimate of drug-likeness (QED) is 0.714. The molecule has 0 saturated heterocycles. The van der Waals surface area contributed by atoms with Crippen molar-refractivity contribution in [1.29, 1.82) is 0 Å². The van der Waals surface area contributed by atoms with Gasteiger partial charge in [-0.1, -0.05) is 56.7 Å². The van der Waals surface area contributed by atoms with E-state index >= 15 is 0 Å². The third-order valence-corrected chi connectivity index (χ3v) is 3.11. The molecule has 0 spiro atoms. The smallest absolute Gasteiger partial charge is 0.127 e. The van der Waals surface area contributed by atoms with Crippen LogP contribution in [0.3, 0.4) is 0 Å². The first kappa shape index (κ1) is 12.0. The average Bonchev–Trinajstić information content (AvgIpc) is 2.38. The van der Waals surface area contributed by atoms with Gasteiger partial charge < -0.3 is 4.74 Å². The van der Waals surface area contributed by atoms with Crippen LogP contribution in [0.5, 0.6) is 5.75 Å². The van der Waals surface area contributed by atoms with Gasteiger partial charge in [0.05, 0.1) is 6.10 Å². The molecule has 2 aromatic rings. The van der Waals surface area contributed by atoms with Crippen LogP contribution in [0.1, 0.15) is 33.1 Å². The Morgan fingerprint density at radius 1 is 1.00 bits per heavy atom. The Morgan fingerprint density at radius 3 is 2.53 bits per heavy atom. The van der Waals surface area contributed by atoms with Crippen molar-refractivity contribution >= 4 is 10.8 Å². The highest BCUT2D eigenvalue weighted by Crippen LogP contribution is 2.27. The van der Waals surface area contributed by atoms with Crippen LogP contribution in [-0.4, -0.2) is 6.10 Å². The zero-order chi connectivity index (χ0) is 12.1. The van der Waals surface area contributed by atoms with E-state index in [9.17, 15) is 0 Å². The minimum Gasteiger partial charge on any atom is -0.490 e. The zero-order valence-corrected chi connectivity index (χ0v) is 10.6. The molecule has 0 N–H and O–H groups in total. The van der Waals surface area contributed by atoms with E-state index in [0.717, 1.165) is 18.6 Å². The van der Waals surface area contributed by atoms with E-state index in [4.69, 9.17) is 4.74 Å². The van der Waals surface area contributed by atoms with Gasteiger partial charge in [-0.3, -0.25) is 0 Å². The monoisotopic (exact) mass is 228 g/mol. The molecule has 0 heterocycles. The Labute approximate surface area is 103 Å². The molecule has 2 aromatic carbocycles. The predicted molar refractivity (Wildman–Crippen MR) is 73.6 cm³/mol. The summed E-state index contributed by atoms with van der Waals surface area (Å²) in [6, 6.07) is 14.7. The maximum Gasteiger partial charge on any atom is 0.127 e. The Morgan fingerprint density at radius 2 is 1.76 bits per heavy atom. The van der Waals surface area contributed by atoms with Crippen molar-refractivity contribution in [2.45, 2.75) is 39.2 Å². The van der Waals surface area contributed by atoms with Crippen molar-refractivity contribution in [2.24, 2.45) is 0 Å². The summed E-state index contributed by atoms with van der Waals surface area (Å²) >= 11 is 0. The minimum atomic E-state index is 0.339. The van der Waals surface area contributed by atoms with Gasteiger partial charge in [-0.25, -0.2) is 0 Å². The summed E-state index contributed by atoms with van der Waals surface area (Å²) in [4.78, 5) is 0. The molecule has 2 rings (SSSR count). The van der Waals surface area contributed by atoms with Gasteiger partial charge >= 0.3 is 0 Å². The van der Waals surface area contributed by atoms with Crippen LogP contribution >= 0.6 is 0 Å². The fraction of sp³-hybridized carbons (Fsp3) is 0.375. The number of ether oxygens (including phenoxy) is 1. The fourth-order valence-corrected chi connectivity index (χ4v) is 2.15. The normalized spacial score (nSPS) is 12.6. The van der Waals surface area contributed by atoms with Crippen molar-refractivity contribution in [1.82, 2.24) is 0 Å². The van der Waals surface area contributed by atoms with Gasteiger partial charge in [0, 0.05) is 5.39 Å². The molecule has 0 aromatic heterocycles. The van der Waals surface area contributed by atoms with Crippen molar-refractivity contribution < 1.29 is 4.74 Å². The first-order valence-corrected chi connectivity index (χ1v) is 6.49. The second-order valence-electron chi connectivity index (χ2n) is 4.41. The van der Waals surface area contributed by atoms with Crippen LogP contribution in [0.15, 0.2) is 42.5 Å². The second-order valence-corrected chi connectivity index (χ2v) is 4.41. The lowest BCUT2D eigenvalue weighted by Gasteiger charge is -2.18. The number of hydrogen-bond donors (Lipinski definition) is 0. The van der Waals surface area contributed by atoms with Crippen LogP contribution in [-0.2, 0) is 0 Å². The topological polar surface area (TPSA) is 9.23 Å². The summed E-state index contributed by atoms with van der Waals surface area (Å²) in [6.07, 6.45) is 3.70. The second kappa shape index (κ2) is 5.72. The molecular formula is C16H20O. The summed E-state index contributed by atoms with van der Waals surface area (Å²) < 4.78 is 6.12. The largest absolute Gasteiger partial charge is 0.490 e. The molecule has 1 heteroatoms. The Hall–Kier alpha value is -1.50. The van der Waals surface area contributed by atoms with Gasteiger partial charge in [-0.2, -0.15) is 0 Å². The molecule has 0 amide bonds. The lowest BCUT2D eigenvalue weighted by molar-refractivity contribution is 0.188. The summed E-state index contributed by atoms with van der Waals surface area (Å²) in [5, 5.41) is 2.46. The lowest BCUT2D eigenvalue weighted by atomic mass is 10.1. The fourth-order valence-electron chi connectivity index (χ4n) is 2.15. The highest BCUT2D eigenvalue weighted by Gasteiger charge is 2.08. The molecule has 0 bridgehead atoms. The Balaban J connectivity index is 2.28. The average molecular weight is 228 g/mol. The minimum absolute atomic E-state index is 0.339. The SMILES string of the molecule is CCC[C@@H](CC)Oc1cccc2ccccc12. The standard InChI is InChI=1S/C16H20O/c1-3-8-14(4-2)17-16-12-7-10-13-9-5-6-11-15(13)16/h5-7,9-12,14H,3-4,8H2,1-2H3/t14-/m1/s1.